The number of hydrogen-bond donors (Lipinski definition) is 0. The Hall–Kier alpha value is -0.850. The van der Waals surface area contributed by atoms with Gasteiger partial charge in [-0.2, -0.15) is 0 Å². The van der Waals surface area contributed by atoms with Crippen LogP contribution < -0.4 is 0 Å². The van der Waals surface area contributed by atoms with Gasteiger partial charge in [0.2, 0.25) is 0 Å². The van der Waals surface area contributed by atoms with Crippen molar-refractivity contribution in [2.45, 2.75) is 316 Å². The molecule has 0 unspecified atom stereocenters. The summed E-state index contributed by atoms with van der Waals surface area (Å²) in [6.45, 7) is 6.80. The Bertz CT molecular complexity index is 808. The van der Waals surface area contributed by atoms with Crippen LogP contribution in [-0.2, 0) is 12.8 Å². The maximum Gasteiger partial charge on any atom is 0.0409 e. The van der Waals surface area contributed by atoms with Crippen LogP contribution in [0, 0.1) is 6.42 Å². The highest BCUT2D eigenvalue weighted by Gasteiger charge is 2.04. The van der Waals surface area contributed by atoms with Crippen molar-refractivity contribution < 1.29 is 0 Å². The second kappa shape index (κ2) is 45.2. The number of aromatic nitrogens is 1. The third-order valence-electron chi connectivity index (χ3n) is 12.9. The molecule has 0 atom stereocenters. The monoisotopic (exact) mass is 779 g/mol. The molecule has 56 heavy (non-hydrogen) atoms. The molecule has 0 aliphatic rings. The van der Waals surface area contributed by atoms with E-state index in [0.29, 0.717) is 0 Å². The molecule has 0 bridgehead atoms. The molecule has 0 aliphatic carbocycles. The Labute approximate surface area is 355 Å². The van der Waals surface area contributed by atoms with Crippen LogP contribution in [0.1, 0.15) is 320 Å². The Morgan fingerprint density at radius 2 is 0.464 bits per heavy atom. The predicted molar refractivity (Wildman–Crippen MR) is 255 cm³/mol. The summed E-state index contributed by atoms with van der Waals surface area (Å²) in [6.07, 6.45) is 68.3. The number of hydrogen-bond acceptors (Lipinski definition) is 1. The van der Waals surface area contributed by atoms with Crippen molar-refractivity contribution >= 4 is 0 Å². The van der Waals surface area contributed by atoms with Gasteiger partial charge in [-0.15, -0.1) is 0 Å². The lowest BCUT2D eigenvalue weighted by Gasteiger charge is -2.09. The summed E-state index contributed by atoms with van der Waals surface area (Å²) >= 11 is 0. The summed E-state index contributed by atoms with van der Waals surface area (Å²) < 4.78 is 0. The molecule has 1 aromatic heterocycles. The first kappa shape index (κ1) is 53.2. The molecular formula is C55H104N. The summed E-state index contributed by atoms with van der Waals surface area (Å²) in [7, 11) is 0. The van der Waals surface area contributed by atoms with Crippen LogP contribution in [0.2, 0.25) is 0 Å². The van der Waals surface area contributed by atoms with Gasteiger partial charge < -0.3 is 0 Å². The molecule has 1 rings (SSSR count). The van der Waals surface area contributed by atoms with E-state index in [-0.39, 0.29) is 0 Å². The molecule has 1 heteroatoms. The van der Waals surface area contributed by atoms with Gasteiger partial charge in [-0.1, -0.05) is 290 Å². The molecule has 1 aromatic rings. The summed E-state index contributed by atoms with van der Waals surface area (Å²) in [4.78, 5) is 5.11. The lowest BCUT2D eigenvalue weighted by molar-refractivity contribution is 0.518. The minimum Gasteiger partial charge on any atom is -0.258 e. The number of nitrogens with zero attached hydrogens (tertiary/aromatic N) is 1. The van der Waals surface area contributed by atoms with Gasteiger partial charge in [0, 0.05) is 11.4 Å². The minimum absolute atomic E-state index is 1.16. The van der Waals surface area contributed by atoms with Crippen LogP contribution in [0.4, 0.5) is 0 Å². The van der Waals surface area contributed by atoms with Gasteiger partial charge in [0.1, 0.15) is 0 Å². The van der Waals surface area contributed by atoms with Crippen molar-refractivity contribution in [3.8, 4) is 0 Å². The van der Waals surface area contributed by atoms with Crippen molar-refractivity contribution in [2.24, 2.45) is 0 Å². The SMILES string of the molecule is C[CH]c1cc(CCCCCCCCCCCCCCCCCCCCCCCC)nc(CCCCCCCCCCCCCCCCCCCCCCCC)c1. The molecule has 0 aromatic carbocycles. The first-order valence-electron chi connectivity index (χ1n) is 26.6. The first-order chi connectivity index (χ1) is 27.8. The topological polar surface area (TPSA) is 12.9 Å². The van der Waals surface area contributed by atoms with Crippen LogP contribution in [0.15, 0.2) is 12.1 Å². The van der Waals surface area contributed by atoms with E-state index in [2.05, 4.69) is 39.3 Å². The van der Waals surface area contributed by atoms with Crippen molar-refractivity contribution in [3.05, 3.63) is 35.5 Å². The van der Waals surface area contributed by atoms with Gasteiger partial charge in [0.25, 0.3) is 0 Å². The lowest BCUT2D eigenvalue weighted by atomic mass is 10.0. The highest BCUT2D eigenvalue weighted by Crippen LogP contribution is 2.19. The lowest BCUT2D eigenvalue weighted by Crippen LogP contribution is -1.99. The second-order valence-electron chi connectivity index (χ2n) is 18.5. The van der Waals surface area contributed by atoms with Gasteiger partial charge in [0.05, 0.1) is 0 Å². The summed E-state index contributed by atoms with van der Waals surface area (Å²) in [5.74, 6) is 0. The average molecular weight is 779 g/mol. The van der Waals surface area contributed by atoms with E-state index in [4.69, 9.17) is 4.98 Å². The molecule has 0 aliphatic heterocycles. The van der Waals surface area contributed by atoms with Gasteiger partial charge in [-0.05, 0) is 49.8 Å². The van der Waals surface area contributed by atoms with Crippen molar-refractivity contribution in [1.29, 1.82) is 0 Å². The third-order valence-corrected chi connectivity index (χ3v) is 12.9. The standard InChI is InChI=1S/C55H104N/c1-4-7-9-11-13-15-17-19-21-23-25-27-29-31-33-35-37-39-41-43-45-47-49-54-51-53(6-3)52-55(56-54)50-48-46-44-42-40-38-36-34-32-30-28-26-24-22-20-18-16-14-12-10-8-5-2/h6,51-52H,4-5,7-50H2,1-3H3. The van der Waals surface area contributed by atoms with Crippen molar-refractivity contribution in [3.63, 3.8) is 0 Å². The van der Waals surface area contributed by atoms with Crippen LogP contribution in [-0.4, -0.2) is 4.98 Å². The van der Waals surface area contributed by atoms with Gasteiger partial charge in [-0.3, -0.25) is 4.98 Å². The normalized spacial score (nSPS) is 11.6. The molecule has 0 fully saturated rings. The maximum absolute atomic E-state index is 5.11. The van der Waals surface area contributed by atoms with Gasteiger partial charge >= 0.3 is 0 Å². The highest BCUT2D eigenvalue weighted by molar-refractivity contribution is 5.27. The summed E-state index contributed by atoms with van der Waals surface area (Å²) in [5, 5.41) is 0. The van der Waals surface area contributed by atoms with E-state index < -0.39 is 0 Å². The molecule has 0 amide bonds. The molecule has 0 saturated heterocycles. The van der Waals surface area contributed by atoms with Crippen LogP contribution in [0.5, 0.6) is 0 Å². The fourth-order valence-corrected chi connectivity index (χ4v) is 8.93. The molecular weight excluding hydrogens is 675 g/mol. The fraction of sp³-hybridized carbons (Fsp3) is 0.891. The van der Waals surface area contributed by atoms with Gasteiger partial charge in [-0.25, -0.2) is 0 Å². The fourth-order valence-electron chi connectivity index (χ4n) is 8.93. The van der Waals surface area contributed by atoms with Crippen molar-refractivity contribution in [1.82, 2.24) is 4.98 Å². The van der Waals surface area contributed by atoms with E-state index in [9.17, 15) is 0 Å². The van der Waals surface area contributed by atoms with Crippen molar-refractivity contribution in [2.75, 3.05) is 0 Å². The Kier molecular flexibility index (Phi) is 43.0. The summed E-state index contributed by atoms with van der Waals surface area (Å²) in [5.41, 5.74) is 4.05. The molecule has 1 heterocycles. The van der Waals surface area contributed by atoms with Crippen LogP contribution in [0.25, 0.3) is 0 Å². The van der Waals surface area contributed by atoms with Crippen LogP contribution in [0.3, 0.4) is 0 Å². The molecule has 1 radical (unpaired) electrons. The third kappa shape index (κ3) is 38.7. The maximum atomic E-state index is 5.11. The van der Waals surface area contributed by atoms with E-state index in [0.717, 1.165) is 12.8 Å². The second-order valence-corrected chi connectivity index (χ2v) is 18.5. The number of unbranched alkanes of at least 4 members (excludes halogenated alkanes) is 42. The Balaban J connectivity index is 1.87. The minimum atomic E-state index is 1.16. The first-order valence-corrected chi connectivity index (χ1v) is 26.6. The van der Waals surface area contributed by atoms with Gasteiger partial charge in [0.15, 0.2) is 0 Å². The highest BCUT2D eigenvalue weighted by atomic mass is 14.7. The van der Waals surface area contributed by atoms with E-state index in [1.807, 2.05) is 0 Å². The van der Waals surface area contributed by atoms with E-state index in [1.165, 1.54) is 299 Å². The molecule has 0 spiro atoms. The molecule has 0 saturated carbocycles. The Morgan fingerprint density at radius 1 is 0.286 bits per heavy atom. The molecule has 0 N–H and O–H groups in total. The zero-order valence-electron chi connectivity index (χ0n) is 39.2. The zero-order valence-corrected chi connectivity index (χ0v) is 39.2. The molecule has 329 valence electrons. The molecule has 1 nitrogen and oxygen atoms in total. The number of aryl methyl sites for hydroxylation is 2. The quantitative estimate of drug-likeness (QED) is 0.0601. The largest absolute Gasteiger partial charge is 0.258 e. The van der Waals surface area contributed by atoms with Crippen LogP contribution >= 0.6 is 0 Å². The number of rotatable bonds is 47. The smallest absolute Gasteiger partial charge is 0.0409 e. The zero-order chi connectivity index (χ0) is 40.1. The van der Waals surface area contributed by atoms with E-state index in [1.54, 1.807) is 0 Å². The predicted octanol–water partition coefficient (Wildman–Crippen LogP) is 19.9. The average Bonchev–Trinajstić information content (AvgIpc) is 3.21. The van der Waals surface area contributed by atoms with E-state index >= 15 is 0 Å². The number of pyridine rings is 1. The Morgan fingerprint density at radius 3 is 0.643 bits per heavy atom. The summed E-state index contributed by atoms with van der Waals surface area (Å²) in [6, 6.07) is 4.69.